The highest BCUT2D eigenvalue weighted by molar-refractivity contribution is 5.70. The number of hydrogen-bond donors (Lipinski definition) is 3. The van der Waals surface area contributed by atoms with Gasteiger partial charge in [-0.05, 0) is 69.9 Å². The lowest BCUT2D eigenvalue weighted by Crippen LogP contribution is -2.48. The number of nitrogens with zero attached hydrogens (tertiary/aromatic N) is 3. The number of carbonyl (C=O) groups is 1. The van der Waals surface area contributed by atoms with Gasteiger partial charge in [0.15, 0.2) is 5.82 Å². The van der Waals surface area contributed by atoms with E-state index in [0.29, 0.717) is 36.1 Å². The van der Waals surface area contributed by atoms with Gasteiger partial charge < -0.3 is 25.5 Å². The molecular formula is C27H31FN6O3. The molecular weight excluding hydrogens is 475 g/mol. The first-order chi connectivity index (χ1) is 17.6. The third kappa shape index (κ3) is 5.01. The monoisotopic (exact) mass is 506 g/mol. The maximum Gasteiger partial charge on any atom is 0.410 e. The summed E-state index contributed by atoms with van der Waals surface area (Å²) < 4.78 is 25.1. The van der Waals surface area contributed by atoms with E-state index in [9.17, 15) is 9.18 Å². The number of halogens is 1. The summed E-state index contributed by atoms with van der Waals surface area (Å²) in [5.41, 5.74) is 13.2. The fourth-order valence-corrected chi connectivity index (χ4v) is 5.07. The first-order valence-corrected chi connectivity index (χ1v) is 12.3. The van der Waals surface area contributed by atoms with E-state index in [1.807, 2.05) is 45.0 Å². The van der Waals surface area contributed by atoms with Gasteiger partial charge in [0.1, 0.15) is 35.1 Å². The van der Waals surface area contributed by atoms with Gasteiger partial charge in [0.25, 0.3) is 0 Å². The van der Waals surface area contributed by atoms with Crippen LogP contribution in [0.25, 0.3) is 0 Å². The fraction of sp³-hybridized carbons (Fsp3) is 0.370. The minimum absolute atomic E-state index is 0.0991. The zero-order chi connectivity index (χ0) is 26.2. The molecule has 0 bridgehead atoms. The van der Waals surface area contributed by atoms with Gasteiger partial charge in [0.2, 0.25) is 0 Å². The van der Waals surface area contributed by atoms with Crippen molar-refractivity contribution in [3.63, 3.8) is 0 Å². The average molecular weight is 507 g/mol. The lowest BCUT2D eigenvalue weighted by molar-refractivity contribution is 0.0204. The fourth-order valence-electron chi connectivity index (χ4n) is 5.07. The molecule has 1 aromatic heterocycles. The van der Waals surface area contributed by atoms with Gasteiger partial charge in [-0.2, -0.15) is 0 Å². The Balaban J connectivity index is 1.48. The average Bonchev–Trinajstić information content (AvgIpc) is 3.45. The number of nitrogens with two attached hydrogens (primary N) is 1. The van der Waals surface area contributed by atoms with Crippen LogP contribution in [0.15, 0.2) is 54.9 Å². The lowest BCUT2D eigenvalue weighted by atomic mass is 9.79. The van der Waals surface area contributed by atoms with Crippen LogP contribution in [-0.2, 0) is 10.3 Å². The van der Waals surface area contributed by atoms with Crippen LogP contribution in [0, 0.1) is 5.82 Å². The number of nitrogens with one attached hydrogen (secondary N) is 2. The highest BCUT2D eigenvalue weighted by Crippen LogP contribution is 2.46. The summed E-state index contributed by atoms with van der Waals surface area (Å²) >= 11 is 0. The molecule has 1 unspecified atom stereocenters. The third-order valence-electron chi connectivity index (χ3n) is 6.62. The van der Waals surface area contributed by atoms with E-state index in [1.54, 1.807) is 17.0 Å². The Morgan fingerprint density at radius 2 is 1.97 bits per heavy atom. The first-order valence-electron chi connectivity index (χ1n) is 12.3. The zero-order valence-electron chi connectivity index (χ0n) is 21.1. The van der Waals surface area contributed by atoms with E-state index in [-0.39, 0.29) is 18.0 Å². The minimum Gasteiger partial charge on any atom is -0.457 e. The maximum atomic E-state index is 13.6. The van der Waals surface area contributed by atoms with E-state index in [4.69, 9.17) is 15.2 Å². The first kappa shape index (κ1) is 24.8. The van der Waals surface area contributed by atoms with Crippen LogP contribution >= 0.6 is 0 Å². The number of rotatable bonds is 5. The predicted octanol–water partition coefficient (Wildman–Crippen LogP) is 4.95. The Bertz CT molecular complexity index is 1300. The molecule has 37 heavy (non-hydrogen) atoms. The second-order valence-corrected chi connectivity index (χ2v) is 10.4. The number of benzene rings is 2. The molecule has 9 nitrogen and oxygen atoms in total. The number of likely N-dealkylation sites (tertiary alicyclic amines) is 1. The van der Waals surface area contributed by atoms with Crippen molar-refractivity contribution in [3.8, 4) is 11.5 Å². The van der Waals surface area contributed by atoms with Crippen molar-refractivity contribution in [1.82, 2.24) is 20.3 Å². The molecule has 5 rings (SSSR count). The standard InChI is InChI=1S/C27H31FN6O3/c1-26(2,3)37-25(35)34-13-5-7-19(34)15-27(22-23(29)30-16-31-24(22)32-33-27)17-9-11-20(12-10-17)36-21-8-4-6-18(28)14-21/h4,6,8-12,14,16,19,33H,5,7,13,15H2,1-3H3,(H3,29,30,31,32)/t19-,27?/m1/s1. The van der Waals surface area contributed by atoms with Gasteiger partial charge in [-0.25, -0.2) is 24.6 Å². The summed E-state index contributed by atoms with van der Waals surface area (Å²) in [6.07, 6.45) is 3.31. The summed E-state index contributed by atoms with van der Waals surface area (Å²) in [6, 6.07) is 13.4. The molecule has 2 aromatic carbocycles. The number of anilines is 2. The van der Waals surface area contributed by atoms with Gasteiger partial charge in [-0.3, -0.25) is 0 Å². The Hall–Kier alpha value is -3.92. The number of nitrogen functional groups attached to an aromatic ring is 1. The minimum atomic E-state index is -0.812. The van der Waals surface area contributed by atoms with Crippen molar-refractivity contribution in [1.29, 1.82) is 0 Å². The van der Waals surface area contributed by atoms with Crippen LogP contribution < -0.4 is 21.3 Å². The summed E-state index contributed by atoms with van der Waals surface area (Å²) in [5.74, 6) is 1.54. The normalized spacial score (nSPS) is 20.9. The van der Waals surface area contributed by atoms with Crippen LogP contribution in [0.5, 0.6) is 11.5 Å². The number of amides is 1. The molecule has 0 spiro atoms. The summed E-state index contributed by atoms with van der Waals surface area (Å²) in [6.45, 7) is 6.21. The zero-order valence-corrected chi connectivity index (χ0v) is 21.1. The summed E-state index contributed by atoms with van der Waals surface area (Å²) in [4.78, 5) is 23.4. The molecule has 2 atom stereocenters. The van der Waals surface area contributed by atoms with Gasteiger partial charge in [0.05, 0.1) is 11.1 Å². The molecule has 2 aliphatic heterocycles. The van der Waals surface area contributed by atoms with E-state index < -0.39 is 11.1 Å². The molecule has 0 radical (unpaired) electrons. The molecule has 4 N–H and O–H groups in total. The Kier molecular flexibility index (Phi) is 6.36. The largest absolute Gasteiger partial charge is 0.457 e. The SMILES string of the molecule is CC(C)(C)OC(=O)N1CCC[C@@H]1CC1(c2ccc(Oc3cccc(F)c3)cc2)NNc2ncnc(N)c21. The maximum absolute atomic E-state index is 13.6. The highest BCUT2D eigenvalue weighted by Gasteiger charge is 2.47. The molecule has 3 heterocycles. The third-order valence-corrected chi connectivity index (χ3v) is 6.62. The molecule has 0 saturated carbocycles. The second-order valence-electron chi connectivity index (χ2n) is 10.4. The van der Waals surface area contributed by atoms with Crippen molar-refractivity contribution in [2.45, 2.75) is 57.2 Å². The second kappa shape index (κ2) is 9.51. The predicted molar refractivity (Wildman–Crippen MR) is 137 cm³/mol. The molecule has 1 fully saturated rings. The van der Waals surface area contributed by atoms with E-state index in [0.717, 1.165) is 24.0 Å². The molecule has 2 aliphatic rings. The highest BCUT2D eigenvalue weighted by atomic mass is 19.1. The Morgan fingerprint density at radius 3 is 2.70 bits per heavy atom. The topological polar surface area (TPSA) is 115 Å². The van der Waals surface area contributed by atoms with Crippen LogP contribution in [0.1, 0.15) is 51.2 Å². The quantitative estimate of drug-likeness (QED) is 0.445. The van der Waals surface area contributed by atoms with E-state index in [1.165, 1.54) is 18.5 Å². The molecule has 194 valence electrons. The van der Waals surface area contributed by atoms with Crippen LogP contribution in [0.2, 0.25) is 0 Å². The number of hydrogen-bond acceptors (Lipinski definition) is 8. The molecule has 0 aliphatic carbocycles. The van der Waals surface area contributed by atoms with Crippen LogP contribution in [0.4, 0.5) is 20.8 Å². The van der Waals surface area contributed by atoms with Crippen molar-refractivity contribution in [2.75, 3.05) is 17.7 Å². The van der Waals surface area contributed by atoms with Gasteiger partial charge in [0, 0.05) is 18.7 Å². The lowest BCUT2D eigenvalue weighted by Gasteiger charge is -2.36. The number of fused-ring (bicyclic) bond motifs is 1. The van der Waals surface area contributed by atoms with Crippen molar-refractivity contribution < 1.29 is 18.7 Å². The van der Waals surface area contributed by atoms with E-state index in [2.05, 4.69) is 20.8 Å². The van der Waals surface area contributed by atoms with Crippen molar-refractivity contribution >= 4 is 17.7 Å². The molecule has 3 aromatic rings. The van der Waals surface area contributed by atoms with Gasteiger partial charge >= 0.3 is 6.09 Å². The number of carbonyl (C=O) groups excluding carboxylic acids is 1. The van der Waals surface area contributed by atoms with E-state index >= 15 is 0 Å². The Morgan fingerprint density at radius 1 is 1.19 bits per heavy atom. The summed E-state index contributed by atoms with van der Waals surface area (Å²) in [5, 5.41) is 0. The van der Waals surface area contributed by atoms with Crippen molar-refractivity contribution in [3.05, 3.63) is 71.8 Å². The van der Waals surface area contributed by atoms with Gasteiger partial charge in [-0.1, -0.05) is 18.2 Å². The van der Waals surface area contributed by atoms with Gasteiger partial charge in [-0.15, -0.1) is 0 Å². The summed E-state index contributed by atoms with van der Waals surface area (Å²) in [7, 11) is 0. The Labute approximate surface area is 215 Å². The molecule has 1 saturated heterocycles. The number of ether oxygens (including phenoxy) is 2. The molecule has 10 heteroatoms. The number of hydrazine groups is 1. The van der Waals surface area contributed by atoms with Crippen LogP contribution in [-0.4, -0.2) is 39.1 Å². The molecule has 1 amide bonds. The van der Waals surface area contributed by atoms with Crippen molar-refractivity contribution in [2.24, 2.45) is 0 Å². The smallest absolute Gasteiger partial charge is 0.410 e. The number of aromatic nitrogens is 2. The van der Waals surface area contributed by atoms with Crippen LogP contribution in [0.3, 0.4) is 0 Å².